The number of ether oxygens (including phenoxy) is 2. The number of carbonyl (C=O) groups is 2. The highest BCUT2D eigenvalue weighted by molar-refractivity contribution is 6.42. The smallest absolute Gasteiger partial charge is 0.322 e. The molecule has 1 aliphatic carbocycles. The molecule has 8 nitrogen and oxygen atoms in total. The van der Waals surface area contributed by atoms with Gasteiger partial charge in [-0.1, -0.05) is 23.2 Å². The monoisotopic (exact) mass is 485 g/mol. The zero-order valence-electron chi connectivity index (χ0n) is 17.8. The zero-order chi connectivity index (χ0) is 22.7. The van der Waals surface area contributed by atoms with Crippen molar-refractivity contribution in [3.8, 4) is 0 Å². The molecule has 4 rings (SSSR count). The summed E-state index contributed by atoms with van der Waals surface area (Å²) in [4.78, 5) is 27.0. The molecule has 0 bridgehead atoms. The van der Waals surface area contributed by atoms with Gasteiger partial charge in [-0.15, -0.1) is 0 Å². The van der Waals surface area contributed by atoms with Crippen LogP contribution in [0.2, 0.25) is 10.0 Å². The fourth-order valence-electron chi connectivity index (χ4n) is 4.39. The maximum atomic E-state index is 13.1. The number of urea groups is 1. The number of anilines is 1. The van der Waals surface area contributed by atoms with E-state index in [4.69, 9.17) is 32.7 Å². The molecule has 176 valence electrons. The molecule has 2 saturated heterocycles. The standard InChI is InChI=1S/C22H29Cl2N3O5/c23-17-6-4-14(8-18(17)24)26-22(30)27-10-15(28)11-31-12-20-19(27)7-5-16(32-20)9-21(29)25-13-2-1-3-13/h4,6,8,13,15-16,19-20,28H,1-3,5,7,9-12H2,(H,25,29)(H,26,30)/t15-,16-,19-,20+/m1/s1. The molecule has 3 fully saturated rings. The first kappa shape index (κ1) is 23.6. The van der Waals surface area contributed by atoms with Crippen molar-refractivity contribution in [1.29, 1.82) is 0 Å². The first-order chi connectivity index (χ1) is 15.4. The Labute approximate surface area is 197 Å². The summed E-state index contributed by atoms with van der Waals surface area (Å²) in [6.45, 7) is 0.472. The van der Waals surface area contributed by atoms with E-state index in [2.05, 4.69) is 10.6 Å². The Morgan fingerprint density at radius 1 is 1.12 bits per heavy atom. The van der Waals surface area contributed by atoms with Crippen LogP contribution < -0.4 is 10.6 Å². The summed E-state index contributed by atoms with van der Waals surface area (Å²) in [6, 6.07) is 4.52. The van der Waals surface area contributed by atoms with E-state index in [1.165, 1.54) is 0 Å². The summed E-state index contributed by atoms with van der Waals surface area (Å²) in [5.41, 5.74) is 0.510. The highest BCUT2D eigenvalue weighted by Gasteiger charge is 2.40. The third kappa shape index (κ3) is 5.85. The number of aliphatic hydroxyl groups is 1. The molecule has 0 aromatic heterocycles. The molecule has 0 radical (unpaired) electrons. The summed E-state index contributed by atoms with van der Waals surface area (Å²) >= 11 is 12.0. The minimum atomic E-state index is -0.804. The molecule has 1 saturated carbocycles. The molecular formula is C22H29Cl2N3O5. The van der Waals surface area contributed by atoms with Gasteiger partial charge in [-0.05, 0) is 50.3 Å². The first-order valence-corrected chi connectivity index (χ1v) is 11.9. The van der Waals surface area contributed by atoms with E-state index in [-0.39, 0.29) is 49.9 Å². The maximum Gasteiger partial charge on any atom is 0.322 e. The molecular weight excluding hydrogens is 457 g/mol. The molecule has 3 N–H and O–H groups in total. The molecule has 1 aromatic carbocycles. The van der Waals surface area contributed by atoms with Crippen LogP contribution in [-0.4, -0.2) is 72.1 Å². The number of hydrogen-bond acceptors (Lipinski definition) is 5. The lowest BCUT2D eigenvalue weighted by Gasteiger charge is -2.44. The van der Waals surface area contributed by atoms with Gasteiger partial charge in [0.05, 0.1) is 54.5 Å². The summed E-state index contributed by atoms with van der Waals surface area (Å²) in [5, 5.41) is 16.9. The number of nitrogens with one attached hydrogen (secondary N) is 2. The number of β-amino-alcohol motifs (C(OH)–C–C–N with tert-alkyl or cyclic N) is 1. The van der Waals surface area contributed by atoms with Crippen LogP contribution in [0.3, 0.4) is 0 Å². The summed E-state index contributed by atoms with van der Waals surface area (Å²) in [5.74, 6) is 0.00884. The molecule has 1 aromatic rings. The van der Waals surface area contributed by atoms with Gasteiger partial charge in [-0.3, -0.25) is 4.79 Å². The molecule has 4 atom stereocenters. The predicted molar refractivity (Wildman–Crippen MR) is 121 cm³/mol. The number of carbonyl (C=O) groups excluding carboxylic acids is 2. The van der Waals surface area contributed by atoms with Crippen LogP contribution in [0.15, 0.2) is 18.2 Å². The molecule has 2 heterocycles. The average molecular weight is 486 g/mol. The van der Waals surface area contributed by atoms with Crippen LogP contribution in [0, 0.1) is 0 Å². The Kier molecular flexibility index (Phi) is 7.78. The van der Waals surface area contributed by atoms with Crippen molar-refractivity contribution in [2.24, 2.45) is 0 Å². The number of aliphatic hydroxyl groups excluding tert-OH is 1. The minimum absolute atomic E-state index is 0.00884. The molecule has 3 aliphatic rings. The molecule has 3 amide bonds. The normalized spacial score (nSPS) is 28.7. The van der Waals surface area contributed by atoms with Gasteiger partial charge in [0.25, 0.3) is 0 Å². The second kappa shape index (κ2) is 10.6. The molecule has 0 unspecified atom stereocenters. The fourth-order valence-corrected chi connectivity index (χ4v) is 4.69. The van der Waals surface area contributed by atoms with Crippen LogP contribution >= 0.6 is 23.2 Å². The lowest BCUT2D eigenvalue weighted by molar-refractivity contribution is -0.150. The number of hydrogen-bond donors (Lipinski definition) is 3. The quantitative estimate of drug-likeness (QED) is 0.607. The van der Waals surface area contributed by atoms with Gasteiger partial charge in [0.1, 0.15) is 6.10 Å². The molecule has 32 heavy (non-hydrogen) atoms. The fraction of sp³-hybridized carbons (Fsp3) is 0.636. The van der Waals surface area contributed by atoms with Crippen molar-refractivity contribution in [1.82, 2.24) is 10.2 Å². The zero-order valence-corrected chi connectivity index (χ0v) is 19.3. The van der Waals surface area contributed by atoms with Gasteiger partial charge in [-0.2, -0.15) is 0 Å². The summed E-state index contributed by atoms with van der Waals surface area (Å²) in [6.07, 6.45) is 3.45. The van der Waals surface area contributed by atoms with Gasteiger partial charge < -0.3 is 30.1 Å². The third-order valence-electron chi connectivity index (χ3n) is 6.30. The lowest BCUT2D eigenvalue weighted by Crippen LogP contribution is -2.58. The number of nitrogens with zero attached hydrogens (tertiary/aromatic N) is 1. The van der Waals surface area contributed by atoms with Crippen LogP contribution in [0.5, 0.6) is 0 Å². The Hall–Kier alpha value is -1.58. The van der Waals surface area contributed by atoms with Crippen molar-refractivity contribution >= 4 is 40.8 Å². The molecule has 0 spiro atoms. The van der Waals surface area contributed by atoms with Crippen molar-refractivity contribution in [3.05, 3.63) is 28.2 Å². The number of amides is 3. The predicted octanol–water partition coefficient (Wildman–Crippen LogP) is 3.19. The van der Waals surface area contributed by atoms with E-state index in [0.717, 1.165) is 19.3 Å². The van der Waals surface area contributed by atoms with E-state index in [9.17, 15) is 14.7 Å². The minimum Gasteiger partial charge on any atom is -0.389 e. The largest absolute Gasteiger partial charge is 0.389 e. The first-order valence-electron chi connectivity index (χ1n) is 11.1. The van der Waals surface area contributed by atoms with Crippen molar-refractivity contribution in [2.45, 2.75) is 68.9 Å². The lowest BCUT2D eigenvalue weighted by atomic mass is 9.92. The molecule has 2 aliphatic heterocycles. The van der Waals surface area contributed by atoms with Gasteiger partial charge in [0, 0.05) is 11.7 Å². The Morgan fingerprint density at radius 3 is 2.66 bits per heavy atom. The van der Waals surface area contributed by atoms with Crippen LogP contribution in [0.25, 0.3) is 0 Å². The highest BCUT2D eigenvalue weighted by atomic mass is 35.5. The van der Waals surface area contributed by atoms with Gasteiger partial charge >= 0.3 is 6.03 Å². The number of rotatable bonds is 4. The Balaban J connectivity index is 1.40. The topological polar surface area (TPSA) is 100 Å². The van der Waals surface area contributed by atoms with Gasteiger partial charge in [0.2, 0.25) is 5.91 Å². The Bertz CT molecular complexity index is 838. The SMILES string of the molecule is O=C(C[C@H]1CC[C@@H]2[C@H](COC[C@H](O)CN2C(=O)Nc2ccc(Cl)c(Cl)c2)O1)NC1CCC1. The van der Waals surface area contributed by atoms with Crippen molar-refractivity contribution in [2.75, 3.05) is 25.1 Å². The van der Waals surface area contributed by atoms with Gasteiger partial charge in [0.15, 0.2) is 0 Å². The number of fused-ring (bicyclic) bond motifs is 1. The van der Waals surface area contributed by atoms with Crippen LogP contribution in [-0.2, 0) is 14.3 Å². The van der Waals surface area contributed by atoms with E-state index in [1.807, 2.05) is 0 Å². The maximum absolute atomic E-state index is 13.1. The molecule has 10 heteroatoms. The summed E-state index contributed by atoms with van der Waals surface area (Å²) < 4.78 is 11.8. The van der Waals surface area contributed by atoms with Gasteiger partial charge in [-0.25, -0.2) is 4.79 Å². The van der Waals surface area contributed by atoms with E-state index in [0.29, 0.717) is 41.0 Å². The second-order valence-electron chi connectivity index (χ2n) is 8.74. The van der Waals surface area contributed by atoms with Crippen LogP contribution in [0.1, 0.15) is 38.5 Å². The Morgan fingerprint density at radius 2 is 1.94 bits per heavy atom. The van der Waals surface area contributed by atoms with Crippen LogP contribution in [0.4, 0.5) is 10.5 Å². The van der Waals surface area contributed by atoms with E-state index >= 15 is 0 Å². The second-order valence-corrected chi connectivity index (χ2v) is 9.56. The number of benzene rings is 1. The van der Waals surface area contributed by atoms with E-state index < -0.39 is 6.10 Å². The van der Waals surface area contributed by atoms with E-state index in [1.54, 1.807) is 23.1 Å². The third-order valence-corrected chi connectivity index (χ3v) is 7.04. The number of halogens is 2. The van der Waals surface area contributed by atoms with Crippen molar-refractivity contribution in [3.63, 3.8) is 0 Å². The highest BCUT2D eigenvalue weighted by Crippen LogP contribution is 2.30. The summed E-state index contributed by atoms with van der Waals surface area (Å²) in [7, 11) is 0. The average Bonchev–Trinajstić information content (AvgIpc) is 2.71. The van der Waals surface area contributed by atoms with Crippen molar-refractivity contribution < 1.29 is 24.2 Å².